The zero-order valence-electron chi connectivity index (χ0n) is 8.36. The Balaban J connectivity index is 2.26. The van der Waals surface area contributed by atoms with Crippen molar-refractivity contribution in [2.45, 2.75) is 36.6 Å². The first-order valence-electron chi connectivity index (χ1n) is 4.68. The number of nitrogens with two attached hydrogens (primary N) is 1. The van der Waals surface area contributed by atoms with Gasteiger partial charge in [-0.05, 0) is 19.3 Å². The van der Waals surface area contributed by atoms with E-state index in [9.17, 15) is 0 Å². The molecule has 0 aliphatic heterocycles. The lowest BCUT2D eigenvalue weighted by atomic mass is 10.2. The summed E-state index contributed by atoms with van der Waals surface area (Å²) in [7, 11) is 0. The second-order valence-corrected chi connectivity index (χ2v) is 4.56. The summed E-state index contributed by atoms with van der Waals surface area (Å²) < 4.78 is 0. The van der Waals surface area contributed by atoms with E-state index in [0.29, 0.717) is 11.2 Å². The molecule has 4 nitrogen and oxygen atoms in total. The van der Waals surface area contributed by atoms with E-state index >= 15 is 0 Å². The Kier molecular flexibility index (Phi) is 4.52. The maximum absolute atomic E-state index is 5.42. The Labute approximate surface area is 88.4 Å². The minimum absolute atomic E-state index is 0.380. The summed E-state index contributed by atoms with van der Waals surface area (Å²) in [6.07, 6.45) is 5.33. The van der Waals surface area contributed by atoms with E-state index in [-0.39, 0.29) is 0 Å². The summed E-state index contributed by atoms with van der Waals surface area (Å²) in [6, 6.07) is 0. The van der Waals surface area contributed by atoms with Crippen LogP contribution >= 0.6 is 11.8 Å². The molecule has 0 radical (unpaired) electrons. The molecular weight excluding hydrogens is 196 g/mol. The molecule has 5 heteroatoms. The highest BCUT2D eigenvalue weighted by molar-refractivity contribution is 7.99. The van der Waals surface area contributed by atoms with Crippen molar-refractivity contribution in [3.8, 4) is 0 Å². The van der Waals surface area contributed by atoms with E-state index in [2.05, 4.69) is 28.7 Å². The second-order valence-electron chi connectivity index (χ2n) is 3.15. The predicted octanol–water partition coefficient (Wildman–Crippen LogP) is 2.22. The van der Waals surface area contributed by atoms with Crippen molar-refractivity contribution < 1.29 is 0 Å². The number of H-pyrrole nitrogens is 1. The van der Waals surface area contributed by atoms with Crippen LogP contribution in [0.15, 0.2) is 17.8 Å². The van der Waals surface area contributed by atoms with E-state index in [1.807, 2.05) is 6.08 Å². The molecule has 78 valence electrons. The molecule has 0 unspecified atom stereocenters. The van der Waals surface area contributed by atoms with Crippen molar-refractivity contribution in [2.24, 2.45) is 0 Å². The fraction of sp³-hybridized carbons (Fsp3) is 0.556. The van der Waals surface area contributed by atoms with Gasteiger partial charge in [0.05, 0.1) is 0 Å². The number of allylic oxidation sites excluding steroid dienone is 1. The van der Waals surface area contributed by atoms with Gasteiger partial charge < -0.3 is 5.73 Å². The number of hydrogen-bond acceptors (Lipinski definition) is 4. The van der Waals surface area contributed by atoms with Gasteiger partial charge in [-0.1, -0.05) is 24.8 Å². The van der Waals surface area contributed by atoms with Gasteiger partial charge >= 0.3 is 0 Å². The lowest BCUT2D eigenvalue weighted by Crippen LogP contribution is -1.96. The zero-order valence-corrected chi connectivity index (χ0v) is 9.18. The number of nitrogen functional groups attached to an aromatic ring is 1. The first-order chi connectivity index (χ1) is 6.72. The first kappa shape index (κ1) is 11.1. The summed E-state index contributed by atoms with van der Waals surface area (Å²) in [5.41, 5.74) is 5.42. The Hall–Kier alpha value is -0.970. The Morgan fingerprint density at radius 2 is 2.50 bits per heavy atom. The van der Waals surface area contributed by atoms with Gasteiger partial charge in [0.2, 0.25) is 11.1 Å². The number of hydrogen-bond donors (Lipinski definition) is 2. The number of unbranched alkanes of at least 4 members (excludes halogenated alkanes) is 1. The summed E-state index contributed by atoms with van der Waals surface area (Å²) in [4.78, 5) is 4.03. The van der Waals surface area contributed by atoms with Gasteiger partial charge in [-0.15, -0.1) is 11.7 Å². The second kappa shape index (κ2) is 5.70. The van der Waals surface area contributed by atoms with Crippen molar-refractivity contribution in [1.29, 1.82) is 0 Å². The van der Waals surface area contributed by atoms with Crippen LogP contribution in [0.1, 0.15) is 26.2 Å². The molecule has 1 heterocycles. The van der Waals surface area contributed by atoms with Gasteiger partial charge in [0.1, 0.15) is 0 Å². The number of aromatic amines is 1. The molecule has 1 aromatic heterocycles. The molecule has 3 N–H and O–H groups in total. The molecule has 14 heavy (non-hydrogen) atoms. The summed E-state index contributed by atoms with van der Waals surface area (Å²) in [6.45, 7) is 5.86. The van der Waals surface area contributed by atoms with E-state index in [4.69, 9.17) is 5.73 Å². The Bertz CT molecular complexity index is 284. The lowest BCUT2D eigenvalue weighted by molar-refractivity contribution is 0.740. The molecule has 0 bridgehead atoms. The van der Waals surface area contributed by atoms with E-state index in [1.54, 1.807) is 11.8 Å². The largest absolute Gasteiger partial charge is 0.368 e. The molecule has 1 atom stereocenters. The number of aromatic nitrogens is 3. The minimum Gasteiger partial charge on any atom is -0.368 e. The maximum atomic E-state index is 5.42. The van der Waals surface area contributed by atoms with Crippen molar-refractivity contribution in [2.75, 3.05) is 5.73 Å². The number of nitrogens with zero attached hydrogens (tertiary/aromatic N) is 2. The van der Waals surface area contributed by atoms with Gasteiger partial charge in [-0.3, -0.25) is 0 Å². The molecule has 0 aliphatic rings. The average Bonchev–Trinajstić information content (AvgIpc) is 2.52. The molecule has 0 aliphatic carbocycles. The van der Waals surface area contributed by atoms with Crippen LogP contribution in [-0.2, 0) is 0 Å². The van der Waals surface area contributed by atoms with Crippen LogP contribution in [0.4, 0.5) is 5.95 Å². The molecule has 0 saturated carbocycles. The van der Waals surface area contributed by atoms with Crippen LogP contribution in [0.5, 0.6) is 0 Å². The van der Waals surface area contributed by atoms with Crippen LogP contribution in [0, 0.1) is 0 Å². The third kappa shape index (κ3) is 3.83. The zero-order chi connectivity index (χ0) is 10.4. The van der Waals surface area contributed by atoms with Crippen LogP contribution in [0.25, 0.3) is 0 Å². The molecule has 0 fully saturated rings. The molecule has 1 aromatic rings. The predicted molar refractivity (Wildman–Crippen MR) is 60.2 cm³/mol. The average molecular weight is 212 g/mol. The molecule has 0 spiro atoms. The van der Waals surface area contributed by atoms with Crippen LogP contribution in [-0.4, -0.2) is 20.4 Å². The van der Waals surface area contributed by atoms with E-state index in [0.717, 1.165) is 24.4 Å². The fourth-order valence-corrected chi connectivity index (χ4v) is 1.99. The summed E-state index contributed by atoms with van der Waals surface area (Å²) in [5.74, 6) is 0.380. The molecule has 0 saturated heterocycles. The smallest absolute Gasteiger partial charge is 0.216 e. The topological polar surface area (TPSA) is 67.6 Å². The standard InChI is InChI=1S/C9H16N4S/c1-3-4-5-6-7(2)14-9-11-8(10)12-13-9/h3,7H,1,4-6H2,2H3,(H3,10,11,12,13)/t7-/m1/s1. The monoisotopic (exact) mass is 212 g/mol. The quantitative estimate of drug-likeness (QED) is 0.431. The van der Waals surface area contributed by atoms with E-state index in [1.165, 1.54) is 0 Å². The summed E-state index contributed by atoms with van der Waals surface area (Å²) >= 11 is 1.65. The van der Waals surface area contributed by atoms with Gasteiger partial charge in [0, 0.05) is 5.25 Å². The lowest BCUT2D eigenvalue weighted by Gasteiger charge is -2.06. The van der Waals surface area contributed by atoms with Crippen molar-refractivity contribution in [3.05, 3.63) is 12.7 Å². The molecule has 0 amide bonds. The van der Waals surface area contributed by atoms with E-state index < -0.39 is 0 Å². The highest BCUT2D eigenvalue weighted by Crippen LogP contribution is 2.23. The third-order valence-corrected chi connectivity index (χ3v) is 2.84. The van der Waals surface area contributed by atoms with Crippen molar-refractivity contribution >= 4 is 17.7 Å². The molecule has 0 aromatic carbocycles. The van der Waals surface area contributed by atoms with Gasteiger partial charge in [-0.25, -0.2) is 5.10 Å². The van der Waals surface area contributed by atoms with Crippen LogP contribution in [0.2, 0.25) is 0 Å². The van der Waals surface area contributed by atoms with Gasteiger partial charge in [0.15, 0.2) is 0 Å². The SMILES string of the molecule is C=CCCC[C@@H](C)Sc1n[nH]c(N)n1. The minimum atomic E-state index is 0.380. The number of nitrogens with one attached hydrogen (secondary N) is 1. The Morgan fingerprint density at radius 1 is 1.71 bits per heavy atom. The first-order valence-corrected chi connectivity index (χ1v) is 5.55. The normalized spacial score (nSPS) is 12.6. The van der Waals surface area contributed by atoms with Crippen LogP contribution < -0.4 is 5.73 Å². The van der Waals surface area contributed by atoms with Crippen LogP contribution in [0.3, 0.4) is 0 Å². The third-order valence-electron chi connectivity index (χ3n) is 1.81. The van der Waals surface area contributed by atoms with Crippen molar-refractivity contribution in [1.82, 2.24) is 15.2 Å². The highest BCUT2D eigenvalue weighted by atomic mass is 32.2. The van der Waals surface area contributed by atoms with Crippen molar-refractivity contribution in [3.63, 3.8) is 0 Å². The number of thioether (sulfide) groups is 1. The van der Waals surface area contributed by atoms with Gasteiger partial charge in [0.25, 0.3) is 0 Å². The maximum Gasteiger partial charge on any atom is 0.216 e. The molecule has 1 rings (SSSR count). The highest BCUT2D eigenvalue weighted by Gasteiger charge is 2.07. The number of anilines is 1. The fourth-order valence-electron chi connectivity index (χ4n) is 1.10. The Morgan fingerprint density at radius 3 is 3.07 bits per heavy atom. The summed E-state index contributed by atoms with van der Waals surface area (Å²) in [5, 5.41) is 7.84. The molecular formula is C9H16N4S. The number of rotatable bonds is 6. The van der Waals surface area contributed by atoms with Gasteiger partial charge in [-0.2, -0.15) is 4.98 Å².